The average Bonchev–Trinajstić information content (AvgIpc) is 2.71. The number of carbonyl (C=O) groups is 1. The number of nitrogens with zero attached hydrogens (tertiary/aromatic N) is 2. The van der Waals surface area contributed by atoms with Crippen molar-refractivity contribution in [2.24, 2.45) is 0 Å². The lowest BCUT2D eigenvalue weighted by Crippen LogP contribution is -2.55. The highest BCUT2D eigenvalue weighted by molar-refractivity contribution is 7.80. The number of amides is 1. The summed E-state index contributed by atoms with van der Waals surface area (Å²) in [4.78, 5) is 17.0. The fraction of sp³-hybridized carbons (Fsp3) is 0.650. The Bertz CT molecular complexity index is 837. The van der Waals surface area contributed by atoms with E-state index < -0.39 is 22.4 Å². The van der Waals surface area contributed by atoms with Gasteiger partial charge >= 0.3 is 10.4 Å². The van der Waals surface area contributed by atoms with E-state index in [-0.39, 0.29) is 12.2 Å². The van der Waals surface area contributed by atoms with Crippen molar-refractivity contribution in [3.63, 3.8) is 0 Å². The molecule has 2 aliphatic heterocycles. The van der Waals surface area contributed by atoms with Crippen LogP contribution in [0, 0.1) is 13.8 Å². The van der Waals surface area contributed by atoms with Crippen LogP contribution in [-0.4, -0.2) is 85.3 Å². The molecule has 1 amide bonds. The minimum atomic E-state index is -4.80. The van der Waals surface area contributed by atoms with Gasteiger partial charge in [-0.05, 0) is 43.4 Å². The maximum atomic E-state index is 13.0. The first-order valence-electron chi connectivity index (χ1n) is 10.2. The highest BCUT2D eigenvalue weighted by Crippen LogP contribution is 2.25. The number of hydrogen-bond donors (Lipinski definition) is 2. The Morgan fingerprint density at radius 3 is 2.27 bits per heavy atom. The van der Waals surface area contributed by atoms with E-state index in [9.17, 15) is 22.9 Å². The van der Waals surface area contributed by atoms with E-state index >= 15 is 0 Å². The van der Waals surface area contributed by atoms with Crippen LogP contribution in [0.4, 0.5) is 0 Å². The van der Waals surface area contributed by atoms with Crippen molar-refractivity contribution in [3.8, 4) is 5.75 Å². The number of ether oxygens (including phenoxy) is 1. The van der Waals surface area contributed by atoms with E-state index in [0.29, 0.717) is 48.9 Å². The predicted molar refractivity (Wildman–Crippen MR) is 110 cm³/mol. The summed E-state index contributed by atoms with van der Waals surface area (Å²) < 4.78 is 42.1. The summed E-state index contributed by atoms with van der Waals surface area (Å²) in [5, 5.41) is 9.94. The molecular formula is C20H30N2O7S. The summed E-state index contributed by atoms with van der Waals surface area (Å²) in [5.74, 6) is -0.316. The quantitative estimate of drug-likeness (QED) is 0.629. The molecule has 168 valence electrons. The van der Waals surface area contributed by atoms with Gasteiger partial charge in [0.2, 0.25) is 0 Å². The van der Waals surface area contributed by atoms with Crippen molar-refractivity contribution < 1.29 is 31.8 Å². The molecule has 10 heteroatoms. The summed E-state index contributed by atoms with van der Waals surface area (Å²) in [6.45, 7) is 7.28. The van der Waals surface area contributed by atoms with Gasteiger partial charge in [0, 0.05) is 51.9 Å². The van der Waals surface area contributed by atoms with Crippen molar-refractivity contribution >= 4 is 16.3 Å². The molecule has 3 rings (SSSR count). The number of hydrogen-bond acceptors (Lipinski definition) is 7. The minimum Gasteiger partial charge on any atom is -0.507 e. The van der Waals surface area contributed by atoms with Crippen LogP contribution in [-0.2, 0) is 30.5 Å². The van der Waals surface area contributed by atoms with Crippen LogP contribution < -0.4 is 0 Å². The molecule has 2 heterocycles. The summed E-state index contributed by atoms with van der Waals surface area (Å²) in [6.07, 6.45) is 0.558. The lowest BCUT2D eigenvalue weighted by molar-refractivity contribution is -0.141. The van der Waals surface area contributed by atoms with Crippen LogP contribution in [0.3, 0.4) is 0 Å². The Morgan fingerprint density at radius 2 is 1.73 bits per heavy atom. The van der Waals surface area contributed by atoms with Gasteiger partial charge in [-0.3, -0.25) is 14.2 Å². The number of phenolic OH excluding ortho intramolecular Hbond substituents is 1. The van der Waals surface area contributed by atoms with Gasteiger partial charge in [-0.15, -0.1) is 0 Å². The molecular weight excluding hydrogens is 412 g/mol. The number of phenols is 1. The smallest absolute Gasteiger partial charge is 0.398 e. The molecule has 0 spiro atoms. The number of aryl methyl sites for hydroxylation is 2. The van der Waals surface area contributed by atoms with E-state index in [4.69, 9.17) is 8.92 Å². The number of benzene rings is 1. The molecule has 2 fully saturated rings. The third-order valence-electron chi connectivity index (χ3n) is 5.82. The van der Waals surface area contributed by atoms with Gasteiger partial charge in [0.25, 0.3) is 5.91 Å². The Kier molecular flexibility index (Phi) is 7.35. The van der Waals surface area contributed by atoms with E-state index in [1.54, 1.807) is 30.9 Å². The van der Waals surface area contributed by atoms with Crippen LogP contribution in [0.5, 0.6) is 5.75 Å². The molecule has 2 saturated heterocycles. The van der Waals surface area contributed by atoms with Crippen LogP contribution in [0.25, 0.3) is 0 Å². The molecule has 0 aliphatic carbocycles. The summed E-state index contributed by atoms with van der Waals surface area (Å²) in [5.41, 5.74) is 1.88. The molecule has 30 heavy (non-hydrogen) atoms. The van der Waals surface area contributed by atoms with Crippen molar-refractivity contribution in [1.29, 1.82) is 0 Å². The molecule has 9 nitrogen and oxygen atoms in total. The molecule has 1 aromatic rings. The highest BCUT2D eigenvalue weighted by Gasteiger charge is 2.33. The van der Waals surface area contributed by atoms with Crippen molar-refractivity contribution in [1.82, 2.24) is 9.80 Å². The monoisotopic (exact) mass is 442 g/mol. The predicted octanol–water partition coefficient (Wildman–Crippen LogP) is 1.06. The van der Waals surface area contributed by atoms with Gasteiger partial charge in [0.05, 0.1) is 0 Å². The second kappa shape index (κ2) is 9.61. The van der Waals surface area contributed by atoms with Gasteiger partial charge in [-0.1, -0.05) is 12.1 Å². The van der Waals surface area contributed by atoms with E-state index in [1.807, 2.05) is 0 Å². The zero-order chi connectivity index (χ0) is 21.9. The molecule has 0 bridgehead atoms. The topological polar surface area (TPSA) is 117 Å². The second-order valence-electron chi connectivity index (χ2n) is 8.00. The van der Waals surface area contributed by atoms with E-state index in [1.165, 1.54) is 0 Å². The Hall–Kier alpha value is -1.72. The van der Waals surface area contributed by atoms with E-state index in [0.717, 1.165) is 26.1 Å². The number of carbonyl (C=O) groups excluding carboxylic acids is 1. The first kappa shape index (κ1) is 23.0. The van der Waals surface area contributed by atoms with Crippen molar-refractivity contribution in [3.05, 3.63) is 28.8 Å². The van der Waals surface area contributed by atoms with Crippen LogP contribution >= 0.6 is 0 Å². The molecule has 0 radical (unpaired) electrons. The Labute approximate surface area is 177 Å². The maximum Gasteiger partial charge on any atom is 0.398 e. The highest BCUT2D eigenvalue weighted by atomic mass is 32.3. The van der Waals surface area contributed by atoms with Crippen molar-refractivity contribution in [2.45, 2.75) is 45.3 Å². The molecule has 0 aromatic heterocycles. The van der Waals surface area contributed by atoms with Crippen LogP contribution in [0.1, 0.15) is 29.5 Å². The third-order valence-corrected chi connectivity index (χ3v) is 6.29. The minimum absolute atomic E-state index is 0.0270. The summed E-state index contributed by atoms with van der Waals surface area (Å²) in [7, 11) is -4.80. The zero-order valence-electron chi connectivity index (χ0n) is 17.4. The summed E-state index contributed by atoms with van der Waals surface area (Å²) >= 11 is 0. The number of rotatable bonds is 6. The molecule has 1 atom stereocenters. The Balaban J connectivity index is 1.68. The fourth-order valence-electron chi connectivity index (χ4n) is 4.25. The standard InChI is InChI=1S/C20H30N2O7S/c1-14-11-16(12-15(2)19(14)23)13-18(29-30(25,26)27)20(24)22-7-5-21(6-8-22)17-3-9-28-10-4-17/h11-12,17-18,23H,3-10,13H2,1-2H3,(H,25,26,27). The second-order valence-corrected chi connectivity index (χ2v) is 9.05. The summed E-state index contributed by atoms with van der Waals surface area (Å²) in [6, 6.07) is 3.81. The van der Waals surface area contributed by atoms with Crippen molar-refractivity contribution in [2.75, 3.05) is 39.4 Å². The van der Waals surface area contributed by atoms with Gasteiger partial charge in [-0.25, -0.2) is 4.18 Å². The molecule has 2 N–H and O–H groups in total. The lowest BCUT2D eigenvalue weighted by Gasteiger charge is -2.41. The van der Waals surface area contributed by atoms with E-state index in [2.05, 4.69) is 4.90 Å². The SMILES string of the molecule is Cc1cc(CC(OS(=O)(=O)O)C(=O)N2CCN(C3CCOCC3)CC2)cc(C)c1O. The lowest BCUT2D eigenvalue weighted by atomic mass is 10.0. The molecule has 2 aliphatic rings. The van der Waals surface area contributed by atoms with Gasteiger partial charge in [-0.2, -0.15) is 8.42 Å². The molecule has 1 aromatic carbocycles. The van der Waals surface area contributed by atoms with Crippen LogP contribution in [0.2, 0.25) is 0 Å². The normalized spacial score (nSPS) is 20.3. The zero-order valence-corrected chi connectivity index (χ0v) is 18.2. The fourth-order valence-corrected chi connectivity index (χ4v) is 4.69. The average molecular weight is 443 g/mol. The van der Waals surface area contributed by atoms with Gasteiger partial charge in [0.1, 0.15) is 5.75 Å². The van der Waals surface area contributed by atoms with Crippen LogP contribution in [0.15, 0.2) is 12.1 Å². The third kappa shape index (κ3) is 5.92. The van der Waals surface area contributed by atoms with Gasteiger partial charge < -0.3 is 14.7 Å². The largest absolute Gasteiger partial charge is 0.507 e. The number of piperazine rings is 1. The molecule has 1 unspecified atom stereocenters. The first-order chi connectivity index (χ1) is 14.1. The Morgan fingerprint density at radius 1 is 1.17 bits per heavy atom. The van der Waals surface area contributed by atoms with Gasteiger partial charge in [0.15, 0.2) is 6.10 Å². The maximum absolute atomic E-state index is 13.0. The number of aromatic hydroxyl groups is 1. The molecule has 0 saturated carbocycles. The first-order valence-corrected chi connectivity index (χ1v) is 11.6.